The van der Waals surface area contributed by atoms with Crippen LogP contribution in [0.1, 0.15) is 5.56 Å². The minimum absolute atomic E-state index is 0.407. The quantitative estimate of drug-likeness (QED) is 0.658. The first-order chi connectivity index (χ1) is 8.25. The van der Waals surface area contributed by atoms with Crippen LogP contribution in [0.4, 0.5) is 5.69 Å². The highest BCUT2D eigenvalue weighted by atomic mass is 16.1. The standard InChI is InChI=1S/C12H12N4O/c13-11(17)9-7-14-16-6-5-8-3-1-2-4-10(8)15-12(9)16/h1-6,14-15H,7H2,(H2,13,17). The Hall–Kier alpha value is -2.27. The molecule has 1 aromatic carbocycles. The van der Waals surface area contributed by atoms with Crippen molar-refractivity contribution in [2.45, 2.75) is 0 Å². The lowest BCUT2D eigenvalue weighted by Gasteiger charge is -2.17. The van der Waals surface area contributed by atoms with E-state index in [0.29, 0.717) is 17.9 Å². The molecule has 4 N–H and O–H groups in total. The van der Waals surface area contributed by atoms with Crippen molar-refractivity contribution in [2.75, 3.05) is 11.9 Å². The highest BCUT2D eigenvalue weighted by Gasteiger charge is 2.26. The summed E-state index contributed by atoms with van der Waals surface area (Å²) < 4.78 is 0. The van der Waals surface area contributed by atoms with E-state index in [1.807, 2.05) is 36.5 Å². The topological polar surface area (TPSA) is 70.4 Å². The van der Waals surface area contributed by atoms with Crippen LogP contribution in [0.2, 0.25) is 0 Å². The molecule has 0 bridgehead atoms. The number of nitrogens with one attached hydrogen (secondary N) is 2. The smallest absolute Gasteiger partial charge is 0.249 e. The molecular weight excluding hydrogens is 216 g/mol. The summed E-state index contributed by atoms with van der Waals surface area (Å²) in [6, 6.07) is 7.89. The average molecular weight is 228 g/mol. The van der Waals surface area contributed by atoms with E-state index in [2.05, 4.69) is 10.7 Å². The molecule has 3 rings (SSSR count). The van der Waals surface area contributed by atoms with Gasteiger partial charge in [-0.1, -0.05) is 18.2 Å². The van der Waals surface area contributed by atoms with Gasteiger partial charge in [-0.05, 0) is 17.7 Å². The van der Waals surface area contributed by atoms with E-state index in [4.69, 9.17) is 5.73 Å². The maximum atomic E-state index is 11.3. The number of anilines is 1. The summed E-state index contributed by atoms with van der Waals surface area (Å²) in [5.41, 5.74) is 11.0. The third-order valence-electron chi connectivity index (χ3n) is 2.87. The minimum Gasteiger partial charge on any atom is -0.366 e. The van der Waals surface area contributed by atoms with Crippen molar-refractivity contribution in [3.8, 4) is 0 Å². The number of primary amides is 1. The van der Waals surface area contributed by atoms with Crippen LogP contribution in [-0.4, -0.2) is 17.5 Å². The van der Waals surface area contributed by atoms with Crippen LogP contribution in [0.15, 0.2) is 41.9 Å². The highest BCUT2D eigenvalue weighted by molar-refractivity contribution is 5.94. The zero-order valence-corrected chi connectivity index (χ0v) is 9.10. The fraction of sp³-hybridized carbons (Fsp3) is 0.0833. The Morgan fingerprint density at radius 3 is 3.00 bits per heavy atom. The summed E-state index contributed by atoms with van der Waals surface area (Å²) in [6.07, 6.45) is 3.86. The number of carbonyl (C=O) groups is 1. The molecule has 17 heavy (non-hydrogen) atoms. The van der Waals surface area contributed by atoms with Gasteiger partial charge in [0.15, 0.2) is 0 Å². The normalized spacial score (nSPS) is 17.3. The molecule has 0 aromatic heterocycles. The third-order valence-corrected chi connectivity index (χ3v) is 2.87. The Bertz CT molecular complexity index is 547. The predicted octanol–water partition coefficient (Wildman–Crippen LogP) is 0.600. The zero-order valence-electron chi connectivity index (χ0n) is 9.10. The molecule has 0 spiro atoms. The Labute approximate surface area is 98.6 Å². The molecule has 2 heterocycles. The third kappa shape index (κ3) is 1.57. The molecule has 0 saturated heterocycles. The van der Waals surface area contributed by atoms with Crippen LogP contribution in [0.3, 0.4) is 0 Å². The van der Waals surface area contributed by atoms with Crippen LogP contribution in [-0.2, 0) is 4.79 Å². The molecule has 2 aliphatic rings. The van der Waals surface area contributed by atoms with E-state index >= 15 is 0 Å². The van der Waals surface area contributed by atoms with Crippen LogP contribution >= 0.6 is 0 Å². The average Bonchev–Trinajstić information content (AvgIpc) is 2.63. The summed E-state index contributed by atoms with van der Waals surface area (Å²) in [7, 11) is 0. The molecule has 5 nitrogen and oxygen atoms in total. The van der Waals surface area contributed by atoms with Crippen molar-refractivity contribution >= 4 is 17.7 Å². The summed E-state index contributed by atoms with van der Waals surface area (Å²) >= 11 is 0. The van der Waals surface area contributed by atoms with Crippen molar-refractivity contribution in [1.82, 2.24) is 10.4 Å². The van der Waals surface area contributed by atoms with Crippen molar-refractivity contribution < 1.29 is 4.79 Å². The van der Waals surface area contributed by atoms with Gasteiger partial charge in [-0.15, -0.1) is 0 Å². The molecule has 0 fully saturated rings. The molecule has 5 heteroatoms. The Morgan fingerprint density at radius 1 is 1.35 bits per heavy atom. The van der Waals surface area contributed by atoms with Gasteiger partial charge in [0, 0.05) is 18.4 Å². The lowest BCUT2D eigenvalue weighted by Crippen LogP contribution is -2.28. The van der Waals surface area contributed by atoms with Gasteiger partial charge in [0.2, 0.25) is 5.91 Å². The van der Waals surface area contributed by atoms with Gasteiger partial charge >= 0.3 is 0 Å². The lowest BCUT2D eigenvalue weighted by atomic mass is 10.2. The monoisotopic (exact) mass is 228 g/mol. The van der Waals surface area contributed by atoms with Gasteiger partial charge in [0.05, 0.1) is 5.57 Å². The number of carbonyl (C=O) groups excluding carboxylic acids is 1. The van der Waals surface area contributed by atoms with Gasteiger partial charge in [-0.2, -0.15) is 0 Å². The first-order valence-corrected chi connectivity index (χ1v) is 5.35. The largest absolute Gasteiger partial charge is 0.366 e. The lowest BCUT2D eigenvalue weighted by molar-refractivity contribution is -0.114. The number of hydrogen-bond acceptors (Lipinski definition) is 4. The van der Waals surface area contributed by atoms with Gasteiger partial charge in [-0.25, -0.2) is 5.43 Å². The maximum absolute atomic E-state index is 11.3. The molecule has 0 unspecified atom stereocenters. The Balaban J connectivity index is 2.10. The van der Waals surface area contributed by atoms with E-state index in [1.165, 1.54) is 0 Å². The molecule has 0 radical (unpaired) electrons. The van der Waals surface area contributed by atoms with E-state index in [1.54, 1.807) is 5.01 Å². The number of hydrazine groups is 1. The van der Waals surface area contributed by atoms with Crippen molar-refractivity contribution in [1.29, 1.82) is 0 Å². The fourth-order valence-corrected chi connectivity index (χ4v) is 1.98. The van der Waals surface area contributed by atoms with E-state index in [0.717, 1.165) is 11.3 Å². The van der Waals surface area contributed by atoms with Gasteiger partial charge in [0.1, 0.15) is 5.82 Å². The summed E-state index contributed by atoms with van der Waals surface area (Å²) in [6.45, 7) is 0.449. The number of para-hydroxylation sites is 1. The number of hydrogen-bond donors (Lipinski definition) is 3. The van der Waals surface area contributed by atoms with Crippen LogP contribution in [0, 0.1) is 0 Å². The number of amides is 1. The zero-order chi connectivity index (χ0) is 11.8. The minimum atomic E-state index is -0.407. The number of rotatable bonds is 1. The number of nitrogens with two attached hydrogens (primary N) is 1. The Kier molecular flexibility index (Phi) is 2.12. The summed E-state index contributed by atoms with van der Waals surface area (Å²) in [5, 5.41) is 5.01. The van der Waals surface area contributed by atoms with Gasteiger partial charge < -0.3 is 11.1 Å². The van der Waals surface area contributed by atoms with Crippen molar-refractivity contribution in [3.63, 3.8) is 0 Å². The highest BCUT2D eigenvalue weighted by Crippen LogP contribution is 2.26. The molecule has 0 aliphatic carbocycles. The SMILES string of the molecule is NC(=O)C1=C2Nc3ccccc3C=CN2NC1. The molecule has 0 saturated carbocycles. The molecule has 0 atom stereocenters. The second-order valence-corrected chi connectivity index (χ2v) is 3.92. The molecule has 1 amide bonds. The summed E-state index contributed by atoms with van der Waals surface area (Å²) in [5.74, 6) is 0.300. The second-order valence-electron chi connectivity index (χ2n) is 3.92. The number of benzene rings is 1. The second kappa shape index (κ2) is 3.64. The van der Waals surface area contributed by atoms with Gasteiger partial charge in [-0.3, -0.25) is 9.80 Å². The molecular formula is C12H12N4O. The number of nitrogens with zero attached hydrogens (tertiary/aromatic N) is 1. The van der Waals surface area contributed by atoms with Crippen molar-refractivity contribution in [2.24, 2.45) is 5.73 Å². The van der Waals surface area contributed by atoms with Gasteiger partial charge in [0.25, 0.3) is 0 Å². The first kappa shape index (κ1) is 9.92. The summed E-state index contributed by atoms with van der Waals surface area (Å²) in [4.78, 5) is 11.3. The van der Waals surface area contributed by atoms with Crippen LogP contribution in [0.5, 0.6) is 0 Å². The first-order valence-electron chi connectivity index (χ1n) is 5.35. The number of fused-ring (bicyclic) bond motifs is 2. The van der Waals surface area contributed by atoms with E-state index in [9.17, 15) is 4.79 Å². The maximum Gasteiger partial charge on any atom is 0.249 e. The fourth-order valence-electron chi connectivity index (χ4n) is 1.98. The Morgan fingerprint density at radius 2 is 2.18 bits per heavy atom. The van der Waals surface area contributed by atoms with Crippen molar-refractivity contribution in [3.05, 3.63) is 47.4 Å². The van der Waals surface area contributed by atoms with E-state index < -0.39 is 5.91 Å². The molecule has 86 valence electrons. The predicted molar refractivity (Wildman–Crippen MR) is 65.2 cm³/mol. The van der Waals surface area contributed by atoms with Crippen LogP contribution in [0.25, 0.3) is 6.08 Å². The van der Waals surface area contributed by atoms with E-state index in [-0.39, 0.29) is 0 Å². The molecule has 1 aromatic rings. The molecule has 2 aliphatic heterocycles. The van der Waals surface area contributed by atoms with Crippen LogP contribution < -0.4 is 16.5 Å².